The SMILES string of the molecule is Cc1cc(C(=O)N2CCC[C@H](CCC(=O)N3CCN(Cc4ccccc4)CC3)C2)n[nH]1. The van der Waals surface area contributed by atoms with Crippen LogP contribution >= 0.6 is 0 Å². The monoisotopic (exact) mass is 423 g/mol. The Balaban J connectivity index is 1.19. The van der Waals surface area contributed by atoms with Gasteiger partial charge in [-0.15, -0.1) is 0 Å². The first-order valence-electron chi connectivity index (χ1n) is 11.4. The molecule has 0 saturated carbocycles. The summed E-state index contributed by atoms with van der Waals surface area (Å²) in [7, 11) is 0. The van der Waals surface area contributed by atoms with Gasteiger partial charge in [-0.3, -0.25) is 19.6 Å². The molecule has 2 aliphatic rings. The van der Waals surface area contributed by atoms with Gasteiger partial charge in [-0.25, -0.2) is 0 Å². The number of H-pyrrole nitrogens is 1. The minimum atomic E-state index is -0.00471. The number of aromatic nitrogens is 2. The van der Waals surface area contributed by atoms with E-state index in [0.29, 0.717) is 18.0 Å². The molecular formula is C24H33N5O2. The Labute approximate surface area is 184 Å². The number of hydrogen-bond acceptors (Lipinski definition) is 4. The second-order valence-corrected chi connectivity index (χ2v) is 8.88. The zero-order valence-corrected chi connectivity index (χ0v) is 18.4. The van der Waals surface area contributed by atoms with Crippen molar-refractivity contribution in [3.8, 4) is 0 Å². The molecule has 1 N–H and O–H groups in total. The van der Waals surface area contributed by atoms with Gasteiger partial charge >= 0.3 is 0 Å². The van der Waals surface area contributed by atoms with E-state index in [-0.39, 0.29) is 11.8 Å². The molecule has 0 spiro atoms. The summed E-state index contributed by atoms with van der Waals surface area (Å²) in [6, 6.07) is 12.3. The minimum absolute atomic E-state index is 0.00471. The van der Waals surface area contributed by atoms with E-state index >= 15 is 0 Å². The predicted molar refractivity (Wildman–Crippen MR) is 119 cm³/mol. The number of aryl methyl sites for hydroxylation is 1. The third-order valence-electron chi connectivity index (χ3n) is 6.47. The lowest BCUT2D eigenvalue weighted by Gasteiger charge is -2.36. The van der Waals surface area contributed by atoms with Gasteiger partial charge in [-0.2, -0.15) is 5.10 Å². The minimum Gasteiger partial charge on any atom is -0.340 e. The van der Waals surface area contributed by atoms with Crippen LogP contribution in [0.25, 0.3) is 0 Å². The van der Waals surface area contributed by atoms with Crippen LogP contribution < -0.4 is 0 Å². The summed E-state index contributed by atoms with van der Waals surface area (Å²) in [6.07, 6.45) is 3.51. The molecule has 1 atom stereocenters. The molecule has 7 heteroatoms. The Kier molecular flexibility index (Phi) is 7.02. The van der Waals surface area contributed by atoms with Gasteiger partial charge in [0, 0.05) is 57.9 Å². The Morgan fingerprint density at radius 3 is 2.55 bits per heavy atom. The summed E-state index contributed by atoms with van der Waals surface area (Å²) >= 11 is 0. The van der Waals surface area contributed by atoms with Crippen molar-refractivity contribution in [2.75, 3.05) is 39.3 Å². The molecular weight excluding hydrogens is 390 g/mol. The van der Waals surface area contributed by atoms with Crippen molar-refractivity contribution in [2.45, 2.75) is 39.2 Å². The van der Waals surface area contributed by atoms with E-state index in [1.165, 1.54) is 5.56 Å². The van der Waals surface area contributed by atoms with Gasteiger partial charge in [0.15, 0.2) is 0 Å². The number of carbonyl (C=O) groups is 2. The molecule has 0 unspecified atom stereocenters. The largest absolute Gasteiger partial charge is 0.340 e. The summed E-state index contributed by atoms with van der Waals surface area (Å²) in [5, 5.41) is 6.94. The average Bonchev–Trinajstić information content (AvgIpc) is 3.24. The molecule has 2 amide bonds. The molecule has 2 aliphatic heterocycles. The number of piperidine rings is 1. The van der Waals surface area contributed by atoms with Crippen LogP contribution in [0.1, 0.15) is 47.4 Å². The maximum absolute atomic E-state index is 12.8. The number of nitrogens with one attached hydrogen (secondary N) is 1. The Bertz CT molecular complexity index is 873. The molecule has 31 heavy (non-hydrogen) atoms. The summed E-state index contributed by atoms with van der Waals surface area (Å²) < 4.78 is 0. The summed E-state index contributed by atoms with van der Waals surface area (Å²) in [5.74, 6) is 0.640. The van der Waals surface area contributed by atoms with Crippen LogP contribution in [0, 0.1) is 12.8 Å². The number of amides is 2. The van der Waals surface area contributed by atoms with Gasteiger partial charge in [0.25, 0.3) is 5.91 Å². The molecule has 2 fully saturated rings. The highest BCUT2D eigenvalue weighted by atomic mass is 16.2. The smallest absolute Gasteiger partial charge is 0.274 e. The van der Waals surface area contributed by atoms with Gasteiger partial charge in [-0.1, -0.05) is 30.3 Å². The van der Waals surface area contributed by atoms with E-state index in [1.807, 2.05) is 22.8 Å². The maximum Gasteiger partial charge on any atom is 0.274 e. The third kappa shape index (κ3) is 5.73. The average molecular weight is 424 g/mol. The second kappa shape index (κ2) is 10.1. The van der Waals surface area contributed by atoms with E-state index in [1.54, 1.807) is 6.07 Å². The maximum atomic E-state index is 12.8. The number of hydrogen-bond donors (Lipinski definition) is 1. The van der Waals surface area contributed by atoms with Crippen LogP contribution in [-0.4, -0.2) is 76.0 Å². The van der Waals surface area contributed by atoms with Crippen LogP contribution in [-0.2, 0) is 11.3 Å². The fourth-order valence-corrected chi connectivity index (χ4v) is 4.66. The zero-order chi connectivity index (χ0) is 21.6. The highest BCUT2D eigenvalue weighted by Crippen LogP contribution is 2.23. The Morgan fingerprint density at radius 2 is 1.84 bits per heavy atom. The number of piperazine rings is 1. The number of rotatable bonds is 6. The number of benzene rings is 1. The van der Waals surface area contributed by atoms with Crippen LogP contribution in [0.3, 0.4) is 0 Å². The van der Waals surface area contributed by atoms with Crippen molar-refractivity contribution in [1.82, 2.24) is 24.9 Å². The van der Waals surface area contributed by atoms with Crippen LogP contribution in [0.2, 0.25) is 0 Å². The topological polar surface area (TPSA) is 72.5 Å². The lowest BCUT2D eigenvalue weighted by Crippen LogP contribution is -2.48. The van der Waals surface area contributed by atoms with Gasteiger partial charge in [0.05, 0.1) is 0 Å². The first kappa shape index (κ1) is 21.6. The molecule has 0 bridgehead atoms. The number of likely N-dealkylation sites (tertiary alicyclic amines) is 1. The molecule has 2 saturated heterocycles. The van der Waals surface area contributed by atoms with Crippen molar-refractivity contribution < 1.29 is 9.59 Å². The standard InChI is InChI=1S/C24H33N5O2/c1-19-16-22(26-25-19)24(31)29-11-5-8-21(18-29)9-10-23(30)28-14-12-27(13-15-28)17-20-6-3-2-4-7-20/h2-4,6-7,16,21H,5,8-15,17-18H2,1H3,(H,25,26)/t21-/m1/s1. The first-order valence-corrected chi connectivity index (χ1v) is 11.4. The van der Waals surface area contributed by atoms with E-state index in [0.717, 1.165) is 70.8 Å². The van der Waals surface area contributed by atoms with Crippen molar-refractivity contribution in [2.24, 2.45) is 5.92 Å². The van der Waals surface area contributed by atoms with Crippen LogP contribution in [0.15, 0.2) is 36.4 Å². The Hall–Kier alpha value is -2.67. The van der Waals surface area contributed by atoms with Crippen LogP contribution in [0.5, 0.6) is 0 Å². The highest BCUT2D eigenvalue weighted by Gasteiger charge is 2.27. The quantitative estimate of drug-likeness (QED) is 0.775. The molecule has 0 radical (unpaired) electrons. The lowest BCUT2D eigenvalue weighted by atomic mass is 9.93. The molecule has 166 valence electrons. The molecule has 1 aromatic heterocycles. The van der Waals surface area contributed by atoms with Crippen molar-refractivity contribution in [3.05, 3.63) is 53.3 Å². The van der Waals surface area contributed by atoms with E-state index in [9.17, 15) is 9.59 Å². The zero-order valence-electron chi connectivity index (χ0n) is 18.4. The fraction of sp³-hybridized carbons (Fsp3) is 0.542. The summed E-state index contributed by atoms with van der Waals surface area (Å²) in [6.45, 7) is 7.81. The van der Waals surface area contributed by atoms with Gasteiger partial charge < -0.3 is 9.80 Å². The molecule has 7 nitrogen and oxygen atoms in total. The van der Waals surface area contributed by atoms with E-state index < -0.39 is 0 Å². The summed E-state index contributed by atoms with van der Waals surface area (Å²) in [5.41, 5.74) is 2.71. The number of carbonyl (C=O) groups excluding carboxylic acids is 2. The molecule has 3 heterocycles. The Morgan fingerprint density at radius 1 is 1.06 bits per heavy atom. The molecule has 4 rings (SSSR count). The van der Waals surface area contributed by atoms with E-state index in [2.05, 4.69) is 39.4 Å². The van der Waals surface area contributed by atoms with Gasteiger partial charge in [0.2, 0.25) is 5.91 Å². The predicted octanol–water partition coefficient (Wildman–Crippen LogP) is 2.69. The second-order valence-electron chi connectivity index (χ2n) is 8.88. The molecule has 0 aliphatic carbocycles. The number of aromatic amines is 1. The fourth-order valence-electron chi connectivity index (χ4n) is 4.66. The van der Waals surface area contributed by atoms with E-state index in [4.69, 9.17) is 0 Å². The van der Waals surface area contributed by atoms with Gasteiger partial charge in [-0.05, 0) is 43.7 Å². The summed E-state index contributed by atoms with van der Waals surface area (Å²) in [4.78, 5) is 31.8. The van der Waals surface area contributed by atoms with Crippen LogP contribution in [0.4, 0.5) is 0 Å². The lowest BCUT2D eigenvalue weighted by molar-refractivity contribution is -0.133. The first-order chi connectivity index (χ1) is 15.1. The highest BCUT2D eigenvalue weighted by molar-refractivity contribution is 5.92. The number of nitrogens with zero attached hydrogens (tertiary/aromatic N) is 4. The third-order valence-corrected chi connectivity index (χ3v) is 6.47. The van der Waals surface area contributed by atoms with Crippen molar-refractivity contribution in [1.29, 1.82) is 0 Å². The van der Waals surface area contributed by atoms with Gasteiger partial charge in [0.1, 0.15) is 5.69 Å². The molecule has 1 aromatic carbocycles. The normalized spacial score (nSPS) is 20.1. The van der Waals surface area contributed by atoms with Crippen molar-refractivity contribution >= 4 is 11.8 Å². The molecule has 2 aromatic rings. The van der Waals surface area contributed by atoms with Crippen molar-refractivity contribution in [3.63, 3.8) is 0 Å².